The van der Waals surface area contributed by atoms with Crippen molar-refractivity contribution in [1.29, 1.82) is 0 Å². The summed E-state index contributed by atoms with van der Waals surface area (Å²) in [7, 11) is -2.25. The van der Waals surface area contributed by atoms with Gasteiger partial charge in [0.15, 0.2) is 11.9 Å². The van der Waals surface area contributed by atoms with Crippen molar-refractivity contribution in [3.8, 4) is 0 Å². The Bertz CT molecular complexity index is 855. The van der Waals surface area contributed by atoms with Crippen LogP contribution in [0.3, 0.4) is 0 Å². The molecule has 2 aromatic heterocycles. The average Bonchev–Trinajstić information content (AvgIpc) is 3.16. The normalized spacial score (nSPS) is 33.8. The summed E-state index contributed by atoms with van der Waals surface area (Å²) in [6.45, 7) is 1.46. The van der Waals surface area contributed by atoms with E-state index in [-0.39, 0.29) is 19.2 Å². The number of ether oxygens (including phenoxy) is 3. The molecule has 12 heteroatoms. The van der Waals surface area contributed by atoms with Crippen LogP contribution in [0.25, 0.3) is 11.2 Å². The van der Waals surface area contributed by atoms with Crippen molar-refractivity contribution in [3.05, 3.63) is 12.5 Å². The number of rotatable bonds is 5. The maximum absolute atomic E-state index is 11.8. The van der Waals surface area contributed by atoms with Crippen LogP contribution >= 0.6 is 7.60 Å². The number of aromatic nitrogens is 4. The highest BCUT2D eigenvalue weighted by atomic mass is 31.2. The zero-order valence-electron chi connectivity index (χ0n) is 13.6. The molecule has 5 atom stereocenters. The van der Waals surface area contributed by atoms with Gasteiger partial charge in [-0.25, -0.2) is 9.97 Å². The van der Waals surface area contributed by atoms with E-state index in [9.17, 15) is 9.46 Å². The molecule has 2 aliphatic heterocycles. The van der Waals surface area contributed by atoms with E-state index < -0.39 is 31.6 Å². The van der Waals surface area contributed by atoms with Crippen molar-refractivity contribution in [1.82, 2.24) is 19.5 Å². The molecule has 136 valence electrons. The molecule has 4 rings (SSSR count). The molecule has 0 saturated carbocycles. The number of hydrogen-bond acceptors (Lipinski definition) is 9. The second-order valence-electron chi connectivity index (χ2n) is 6.20. The Labute approximate surface area is 142 Å². The largest absolute Gasteiger partial charge is 0.381 e. The monoisotopic (exact) mass is 371 g/mol. The van der Waals surface area contributed by atoms with Crippen molar-refractivity contribution in [3.63, 3.8) is 0 Å². The van der Waals surface area contributed by atoms with E-state index in [1.807, 2.05) is 0 Å². The highest BCUT2D eigenvalue weighted by Gasteiger charge is 2.64. The van der Waals surface area contributed by atoms with Crippen LogP contribution in [0.4, 0.5) is 5.95 Å². The van der Waals surface area contributed by atoms with Crippen molar-refractivity contribution in [2.24, 2.45) is 0 Å². The van der Waals surface area contributed by atoms with Crippen molar-refractivity contribution in [2.45, 2.75) is 24.0 Å². The van der Waals surface area contributed by atoms with Crippen molar-refractivity contribution < 1.29 is 28.2 Å². The van der Waals surface area contributed by atoms with Crippen LogP contribution in [0, 0.1) is 0 Å². The van der Waals surface area contributed by atoms with Gasteiger partial charge in [-0.2, -0.15) is 4.98 Å². The Morgan fingerprint density at radius 2 is 2.36 bits per heavy atom. The molecule has 11 nitrogen and oxygen atoms in total. The highest BCUT2D eigenvalue weighted by Crippen LogP contribution is 2.52. The van der Waals surface area contributed by atoms with E-state index in [1.54, 1.807) is 4.57 Å². The lowest BCUT2D eigenvalue weighted by atomic mass is 10.0. The topological polar surface area (TPSA) is 144 Å². The molecule has 0 aliphatic carbocycles. The van der Waals surface area contributed by atoms with Crippen LogP contribution in [0.2, 0.25) is 0 Å². The number of fused-ring (bicyclic) bond motifs is 3. The Morgan fingerprint density at radius 1 is 1.56 bits per heavy atom. The van der Waals surface area contributed by atoms with Crippen molar-refractivity contribution >= 4 is 24.7 Å². The molecule has 0 spiro atoms. The first kappa shape index (κ1) is 16.8. The maximum Gasteiger partial charge on any atom is 0.325 e. The Kier molecular flexibility index (Phi) is 3.83. The molecule has 4 unspecified atom stereocenters. The van der Waals surface area contributed by atoms with Crippen LogP contribution in [-0.2, 0) is 23.3 Å². The summed E-state index contributed by atoms with van der Waals surface area (Å²) in [6.07, 6.45) is 1.00. The first-order chi connectivity index (χ1) is 11.8. The zero-order valence-corrected chi connectivity index (χ0v) is 14.5. The van der Waals surface area contributed by atoms with Gasteiger partial charge in [0.25, 0.3) is 0 Å². The molecule has 0 aromatic carbocycles. The van der Waals surface area contributed by atoms with Gasteiger partial charge in [0.1, 0.15) is 23.3 Å². The number of methoxy groups -OCH3 is 1. The van der Waals surface area contributed by atoms with Gasteiger partial charge in [0, 0.05) is 13.8 Å². The van der Waals surface area contributed by atoms with E-state index >= 15 is 0 Å². The van der Waals surface area contributed by atoms with Gasteiger partial charge in [-0.3, -0.25) is 13.7 Å². The SMILES string of the molecule is COC[C@@]12COC(C(n3cnc4cnc(N)nc43)O1)C2OP(C)(=O)O. The lowest BCUT2D eigenvalue weighted by molar-refractivity contribution is -0.188. The third-order valence-corrected chi connectivity index (χ3v) is 4.90. The number of nitrogens with two attached hydrogens (primary N) is 1. The number of imidazole rings is 1. The van der Waals surface area contributed by atoms with Gasteiger partial charge >= 0.3 is 7.60 Å². The van der Waals surface area contributed by atoms with Gasteiger partial charge in [-0.1, -0.05) is 0 Å². The minimum Gasteiger partial charge on any atom is -0.381 e. The Hall–Kier alpha value is -1.62. The lowest BCUT2D eigenvalue weighted by Gasteiger charge is -2.31. The summed E-state index contributed by atoms with van der Waals surface area (Å²) in [5.74, 6) is 0.103. The molecule has 4 heterocycles. The molecule has 2 fully saturated rings. The minimum atomic E-state index is -3.76. The first-order valence-corrected chi connectivity index (χ1v) is 9.57. The van der Waals surface area contributed by atoms with E-state index in [1.165, 1.54) is 19.6 Å². The number of nitrogen functional groups attached to an aromatic ring is 1. The summed E-state index contributed by atoms with van der Waals surface area (Å²) in [5.41, 5.74) is 5.69. The summed E-state index contributed by atoms with van der Waals surface area (Å²) < 4.78 is 36.0. The Balaban J connectivity index is 1.74. The van der Waals surface area contributed by atoms with Gasteiger partial charge in [0.05, 0.1) is 25.7 Å². The second kappa shape index (κ2) is 5.70. The van der Waals surface area contributed by atoms with Gasteiger partial charge in [-0.15, -0.1) is 0 Å². The van der Waals surface area contributed by atoms with Crippen LogP contribution in [-0.4, -0.2) is 69.2 Å². The molecular formula is C13H18N5O6P. The molecule has 0 radical (unpaired) electrons. The zero-order chi connectivity index (χ0) is 17.8. The summed E-state index contributed by atoms with van der Waals surface area (Å²) in [5, 5.41) is 0. The molecule has 0 amide bonds. The fourth-order valence-corrected chi connectivity index (χ4v) is 4.09. The lowest BCUT2D eigenvalue weighted by Crippen LogP contribution is -2.45. The van der Waals surface area contributed by atoms with Crippen molar-refractivity contribution in [2.75, 3.05) is 32.7 Å². The molecular weight excluding hydrogens is 353 g/mol. The fourth-order valence-electron chi connectivity index (χ4n) is 3.36. The van der Waals surface area contributed by atoms with E-state index in [4.69, 9.17) is 24.5 Å². The van der Waals surface area contributed by atoms with Crippen LogP contribution in [0.5, 0.6) is 0 Å². The molecule has 2 saturated heterocycles. The standard InChI is InChI=1S/C13H18N5O6P/c1-21-4-13-5-22-8(9(13)24-25(2,19)20)11(23-13)18-6-16-7-3-15-12(14)17-10(7)18/h3,6,8-9,11H,4-5H2,1-2H3,(H,19,20)(H2,14,15,17)/t8?,9?,11?,13-/m0/s1. The van der Waals surface area contributed by atoms with Gasteiger partial charge in [-0.05, 0) is 0 Å². The van der Waals surface area contributed by atoms with Gasteiger partial charge in [0.2, 0.25) is 5.95 Å². The quantitative estimate of drug-likeness (QED) is 0.685. The summed E-state index contributed by atoms with van der Waals surface area (Å²) >= 11 is 0. The average molecular weight is 371 g/mol. The molecule has 25 heavy (non-hydrogen) atoms. The van der Waals surface area contributed by atoms with E-state index in [0.29, 0.717) is 11.2 Å². The van der Waals surface area contributed by atoms with Crippen LogP contribution in [0.1, 0.15) is 6.23 Å². The maximum atomic E-state index is 11.8. The first-order valence-electron chi connectivity index (χ1n) is 7.55. The van der Waals surface area contributed by atoms with E-state index in [2.05, 4.69) is 15.0 Å². The molecule has 2 aromatic rings. The number of anilines is 1. The van der Waals surface area contributed by atoms with Crippen LogP contribution < -0.4 is 5.73 Å². The minimum absolute atomic E-state index is 0.103. The third kappa shape index (κ3) is 2.73. The predicted octanol–water partition coefficient (Wildman–Crippen LogP) is -0.0783. The number of nitrogens with zero attached hydrogens (tertiary/aromatic N) is 4. The number of hydrogen-bond donors (Lipinski definition) is 2. The molecule has 2 bridgehead atoms. The smallest absolute Gasteiger partial charge is 0.325 e. The third-order valence-electron chi connectivity index (χ3n) is 4.28. The molecule has 3 N–H and O–H groups in total. The Morgan fingerprint density at radius 3 is 3.08 bits per heavy atom. The van der Waals surface area contributed by atoms with Crippen LogP contribution in [0.15, 0.2) is 12.5 Å². The van der Waals surface area contributed by atoms with Gasteiger partial charge < -0.3 is 24.8 Å². The second-order valence-corrected chi connectivity index (χ2v) is 8.02. The highest BCUT2D eigenvalue weighted by molar-refractivity contribution is 7.51. The summed E-state index contributed by atoms with van der Waals surface area (Å²) in [6, 6.07) is 0. The summed E-state index contributed by atoms with van der Waals surface area (Å²) in [4.78, 5) is 22.0. The fraction of sp³-hybridized carbons (Fsp3) is 0.615. The predicted molar refractivity (Wildman–Crippen MR) is 84.8 cm³/mol. The molecule has 2 aliphatic rings. The van der Waals surface area contributed by atoms with E-state index in [0.717, 1.165) is 6.66 Å².